The lowest BCUT2D eigenvalue weighted by Gasteiger charge is -2.33. The van der Waals surface area contributed by atoms with Crippen molar-refractivity contribution in [2.24, 2.45) is 5.92 Å². The summed E-state index contributed by atoms with van der Waals surface area (Å²) in [6, 6.07) is 6.03. The predicted molar refractivity (Wildman–Crippen MR) is 90.2 cm³/mol. The average molecular weight is 331 g/mol. The second-order valence-corrected chi connectivity index (χ2v) is 7.05. The SMILES string of the molecule is COc1cc(C2(C(=O)N3CCC(C(=O)O)C3)CCCC2)ccc1C. The Kier molecular flexibility index (Phi) is 4.52. The number of carboxylic acids is 1. The molecule has 2 aliphatic rings. The van der Waals surface area contributed by atoms with E-state index in [1.807, 2.05) is 25.1 Å². The van der Waals surface area contributed by atoms with Crippen molar-refractivity contribution in [2.75, 3.05) is 20.2 Å². The fourth-order valence-electron chi connectivity index (χ4n) is 4.17. The number of hydrogen-bond donors (Lipinski definition) is 1. The molecule has 1 saturated carbocycles. The molecule has 1 aliphatic carbocycles. The fraction of sp³-hybridized carbons (Fsp3) is 0.579. The van der Waals surface area contributed by atoms with E-state index in [1.165, 1.54) is 0 Å². The van der Waals surface area contributed by atoms with Crippen LogP contribution in [0.4, 0.5) is 0 Å². The molecule has 1 saturated heterocycles. The number of carboxylic acid groups (broad SMARTS) is 1. The smallest absolute Gasteiger partial charge is 0.308 e. The van der Waals surface area contributed by atoms with Gasteiger partial charge in [0, 0.05) is 13.1 Å². The molecular weight excluding hydrogens is 306 g/mol. The molecule has 1 unspecified atom stereocenters. The van der Waals surface area contributed by atoms with E-state index in [9.17, 15) is 14.7 Å². The van der Waals surface area contributed by atoms with Gasteiger partial charge in [-0.1, -0.05) is 25.0 Å². The zero-order valence-corrected chi connectivity index (χ0v) is 14.4. The maximum Gasteiger partial charge on any atom is 0.308 e. The summed E-state index contributed by atoms with van der Waals surface area (Å²) in [6.07, 6.45) is 4.25. The van der Waals surface area contributed by atoms with Crippen LogP contribution in [0.15, 0.2) is 18.2 Å². The van der Waals surface area contributed by atoms with Gasteiger partial charge < -0.3 is 14.7 Å². The zero-order chi connectivity index (χ0) is 17.3. The van der Waals surface area contributed by atoms with Crippen LogP contribution in [0.3, 0.4) is 0 Å². The number of carbonyl (C=O) groups excluding carboxylic acids is 1. The fourth-order valence-corrected chi connectivity index (χ4v) is 4.17. The summed E-state index contributed by atoms with van der Waals surface area (Å²) in [7, 11) is 1.65. The molecule has 1 atom stereocenters. The van der Waals surface area contributed by atoms with E-state index < -0.39 is 17.3 Å². The minimum atomic E-state index is -0.803. The van der Waals surface area contributed by atoms with E-state index in [2.05, 4.69) is 0 Å². The van der Waals surface area contributed by atoms with Crippen LogP contribution in [0.1, 0.15) is 43.2 Å². The van der Waals surface area contributed by atoms with Crippen LogP contribution < -0.4 is 4.74 Å². The highest BCUT2D eigenvalue weighted by Gasteiger charge is 2.47. The second kappa shape index (κ2) is 6.46. The predicted octanol–water partition coefficient (Wildman–Crippen LogP) is 2.75. The van der Waals surface area contributed by atoms with Gasteiger partial charge in [0.05, 0.1) is 18.4 Å². The Morgan fingerprint density at radius 1 is 1.29 bits per heavy atom. The molecule has 2 fully saturated rings. The van der Waals surface area contributed by atoms with Gasteiger partial charge in [0.15, 0.2) is 0 Å². The highest BCUT2D eigenvalue weighted by atomic mass is 16.5. The molecule has 130 valence electrons. The summed E-state index contributed by atoms with van der Waals surface area (Å²) >= 11 is 0. The lowest BCUT2D eigenvalue weighted by molar-refractivity contribution is -0.142. The van der Waals surface area contributed by atoms with Gasteiger partial charge in [-0.2, -0.15) is 0 Å². The Morgan fingerprint density at radius 3 is 2.58 bits per heavy atom. The molecule has 1 amide bonds. The number of aryl methyl sites for hydroxylation is 1. The molecule has 24 heavy (non-hydrogen) atoms. The minimum absolute atomic E-state index is 0.0923. The Bertz CT molecular complexity index is 649. The first-order valence-corrected chi connectivity index (χ1v) is 8.65. The quantitative estimate of drug-likeness (QED) is 0.921. The van der Waals surface area contributed by atoms with Gasteiger partial charge in [-0.15, -0.1) is 0 Å². The van der Waals surface area contributed by atoms with Crippen LogP contribution in [0.25, 0.3) is 0 Å². The number of amides is 1. The summed E-state index contributed by atoms with van der Waals surface area (Å²) in [5.41, 5.74) is 1.54. The first-order chi connectivity index (χ1) is 11.5. The largest absolute Gasteiger partial charge is 0.496 e. The lowest BCUT2D eigenvalue weighted by Crippen LogP contribution is -2.44. The topological polar surface area (TPSA) is 66.8 Å². The van der Waals surface area contributed by atoms with Gasteiger partial charge in [0.1, 0.15) is 5.75 Å². The van der Waals surface area contributed by atoms with E-state index in [0.29, 0.717) is 19.5 Å². The zero-order valence-electron chi connectivity index (χ0n) is 14.4. The third-order valence-corrected chi connectivity index (χ3v) is 5.65. The molecule has 0 radical (unpaired) electrons. The van der Waals surface area contributed by atoms with E-state index >= 15 is 0 Å². The minimum Gasteiger partial charge on any atom is -0.496 e. The Balaban J connectivity index is 1.91. The van der Waals surface area contributed by atoms with Crippen molar-refractivity contribution in [3.8, 4) is 5.75 Å². The van der Waals surface area contributed by atoms with E-state index in [0.717, 1.165) is 42.6 Å². The van der Waals surface area contributed by atoms with Crippen LogP contribution in [0.5, 0.6) is 5.75 Å². The summed E-state index contributed by atoms with van der Waals surface area (Å²) < 4.78 is 5.44. The molecule has 1 aliphatic heterocycles. The summed E-state index contributed by atoms with van der Waals surface area (Å²) in [4.78, 5) is 26.3. The summed E-state index contributed by atoms with van der Waals surface area (Å²) in [5.74, 6) is -0.339. The van der Waals surface area contributed by atoms with E-state index in [-0.39, 0.29) is 5.91 Å². The third-order valence-electron chi connectivity index (χ3n) is 5.65. The van der Waals surface area contributed by atoms with Gasteiger partial charge in [0.2, 0.25) is 5.91 Å². The molecule has 3 rings (SSSR count). The summed E-state index contributed by atoms with van der Waals surface area (Å²) in [6.45, 7) is 2.86. The summed E-state index contributed by atoms with van der Waals surface area (Å²) in [5, 5.41) is 9.20. The first kappa shape index (κ1) is 16.8. The van der Waals surface area contributed by atoms with E-state index in [1.54, 1.807) is 12.0 Å². The van der Waals surface area contributed by atoms with Crippen molar-refractivity contribution in [3.63, 3.8) is 0 Å². The molecule has 0 spiro atoms. The number of ether oxygens (including phenoxy) is 1. The number of rotatable bonds is 4. The molecule has 0 aromatic heterocycles. The molecule has 5 heteroatoms. The number of benzene rings is 1. The van der Waals surface area contributed by atoms with E-state index in [4.69, 9.17) is 4.74 Å². The van der Waals surface area contributed by atoms with Crippen molar-refractivity contribution in [3.05, 3.63) is 29.3 Å². The standard InChI is InChI=1S/C19H25NO4/c1-13-5-6-15(11-16(13)24-2)19(8-3-4-9-19)18(23)20-10-7-14(12-20)17(21)22/h5-6,11,14H,3-4,7-10,12H2,1-2H3,(H,21,22). The van der Waals surface area contributed by atoms with Crippen LogP contribution in [-0.2, 0) is 15.0 Å². The monoisotopic (exact) mass is 331 g/mol. The van der Waals surface area contributed by atoms with Crippen molar-refractivity contribution in [1.82, 2.24) is 4.90 Å². The van der Waals surface area contributed by atoms with Gasteiger partial charge >= 0.3 is 5.97 Å². The molecule has 0 bridgehead atoms. The van der Waals surface area contributed by atoms with Gasteiger partial charge in [-0.05, 0) is 43.4 Å². The lowest BCUT2D eigenvalue weighted by atomic mass is 9.77. The molecule has 1 heterocycles. The van der Waals surface area contributed by atoms with Crippen molar-refractivity contribution in [1.29, 1.82) is 0 Å². The third kappa shape index (κ3) is 2.76. The van der Waals surface area contributed by atoms with Crippen molar-refractivity contribution >= 4 is 11.9 Å². The van der Waals surface area contributed by atoms with Crippen molar-refractivity contribution in [2.45, 2.75) is 44.4 Å². The maximum atomic E-state index is 13.3. The Morgan fingerprint density at radius 2 is 2.00 bits per heavy atom. The molecule has 1 N–H and O–H groups in total. The normalized spacial score (nSPS) is 22.6. The molecule has 1 aromatic carbocycles. The van der Waals surface area contributed by atoms with Gasteiger partial charge in [-0.25, -0.2) is 0 Å². The number of aliphatic carboxylic acids is 1. The van der Waals surface area contributed by atoms with Crippen LogP contribution in [0, 0.1) is 12.8 Å². The van der Waals surface area contributed by atoms with Gasteiger partial charge in [0.25, 0.3) is 0 Å². The molecular formula is C19H25NO4. The number of nitrogens with zero attached hydrogens (tertiary/aromatic N) is 1. The van der Waals surface area contributed by atoms with Crippen LogP contribution >= 0.6 is 0 Å². The molecule has 5 nitrogen and oxygen atoms in total. The number of hydrogen-bond acceptors (Lipinski definition) is 3. The second-order valence-electron chi connectivity index (χ2n) is 7.05. The van der Waals surface area contributed by atoms with Crippen LogP contribution in [-0.4, -0.2) is 42.1 Å². The van der Waals surface area contributed by atoms with Crippen molar-refractivity contribution < 1.29 is 19.4 Å². The first-order valence-electron chi connectivity index (χ1n) is 8.65. The highest BCUT2D eigenvalue weighted by molar-refractivity contribution is 5.89. The number of methoxy groups -OCH3 is 1. The Labute approximate surface area is 142 Å². The number of carbonyl (C=O) groups is 2. The molecule has 1 aromatic rings. The van der Waals surface area contributed by atoms with Gasteiger partial charge in [-0.3, -0.25) is 9.59 Å². The highest BCUT2D eigenvalue weighted by Crippen LogP contribution is 2.44. The van der Waals surface area contributed by atoms with Crippen LogP contribution in [0.2, 0.25) is 0 Å². The average Bonchev–Trinajstić information content (AvgIpc) is 3.25. The number of likely N-dealkylation sites (tertiary alicyclic amines) is 1. The Hall–Kier alpha value is -2.04. The maximum absolute atomic E-state index is 13.3.